The van der Waals surface area contributed by atoms with Crippen molar-refractivity contribution in [1.29, 1.82) is 0 Å². The summed E-state index contributed by atoms with van der Waals surface area (Å²) in [5.41, 5.74) is 4.18. The molecule has 0 amide bonds. The zero-order valence-electron chi connectivity index (χ0n) is 14.8. The summed E-state index contributed by atoms with van der Waals surface area (Å²) in [4.78, 5) is 18.1. The van der Waals surface area contributed by atoms with Gasteiger partial charge in [-0.3, -0.25) is 20.0 Å². The molecule has 3 aromatic rings. The quantitative estimate of drug-likeness (QED) is 0.351. The number of nitro groups is 1. The van der Waals surface area contributed by atoms with Gasteiger partial charge in [-0.05, 0) is 28.8 Å². The second-order valence-electron chi connectivity index (χ2n) is 6.99. The van der Waals surface area contributed by atoms with E-state index >= 15 is 0 Å². The molecule has 0 N–H and O–H groups in total. The average molecular weight is 390 g/mol. The molecule has 2 aliphatic heterocycles. The van der Waals surface area contributed by atoms with Gasteiger partial charge in [0, 0.05) is 17.2 Å². The number of hydrogen-bond donors (Lipinski definition) is 0. The summed E-state index contributed by atoms with van der Waals surface area (Å²) < 4.78 is 0. The zero-order valence-corrected chi connectivity index (χ0v) is 15.5. The number of non-ortho nitro benzene ring substituents is 1. The smallest absolute Gasteiger partial charge is 0.263 e. The van der Waals surface area contributed by atoms with Gasteiger partial charge in [-0.15, -0.1) is 0 Å². The maximum atomic E-state index is 11.2. The van der Waals surface area contributed by atoms with Crippen LogP contribution in [0.25, 0.3) is 0 Å². The Hall–Kier alpha value is -3.02. The molecule has 0 radical (unpaired) electrons. The molecule has 1 saturated heterocycles. The maximum Gasteiger partial charge on any atom is 0.269 e. The zero-order chi connectivity index (χ0) is 19.3. The third-order valence-electron chi connectivity index (χ3n) is 5.34. The Morgan fingerprint density at radius 1 is 0.893 bits per heavy atom. The van der Waals surface area contributed by atoms with E-state index in [9.17, 15) is 10.1 Å². The van der Waals surface area contributed by atoms with Gasteiger partial charge < -0.3 is 0 Å². The van der Waals surface area contributed by atoms with Crippen molar-refractivity contribution in [2.24, 2.45) is 4.99 Å². The van der Waals surface area contributed by atoms with Gasteiger partial charge in [0.25, 0.3) is 5.69 Å². The highest BCUT2D eigenvalue weighted by Gasteiger charge is 2.59. The first-order valence-electron chi connectivity index (χ1n) is 9.04. The van der Waals surface area contributed by atoms with Crippen molar-refractivity contribution in [3.05, 3.63) is 111 Å². The van der Waals surface area contributed by atoms with Gasteiger partial charge in [0.05, 0.1) is 22.7 Å². The molecule has 0 bridgehead atoms. The Kier molecular flexibility index (Phi) is 4.00. The van der Waals surface area contributed by atoms with Crippen molar-refractivity contribution in [1.82, 2.24) is 4.90 Å². The second-order valence-corrected chi connectivity index (χ2v) is 7.43. The predicted octanol–water partition coefficient (Wildman–Crippen LogP) is 5.18. The lowest BCUT2D eigenvalue weighted by Crippen LogP contribution is -2.08. The van der Waals surface area contributed by atoms with Crippen LogP contribution in [0.15, 0.2) is 83.9 Å². The lowest BCUT2D eigenvalue weighted by atomic mass is 10.0. The number of aliphatic imine (C=N–C) groups is 1. The fourth-order valence-corrected chi connectivity index (χ4v) is 4.16. The average Bonchev–Trinajstić information content (AvgIpc) is 3.33. The minimum Gasteiger partial charge on any atom is -0.263 e. The van der Waals surface area contributed by atoms with Gasteiger partial charge in [0.15, 0.2) is 0 Å². The van der Waals surface area contributed by atoms with Crippen LogP contribution in [-0.4, -0.2) is 21.6 Å². The normalized spacial score (nSPS) is 25.1. The van der Waals surface area contributed by atoms with Gasteiger partial charge in [-0.2, -0.15) is 0 Å². The van der Waals surface area contributed by atoms with E-state index in [-0.39, 0.29) is 28.9 Å². The maximum absolute atomic E-state index is 11.2. The van der Waals surface area contributed by atoms with Crippen LogP contribution in [0.2, 0.25) is 5.02 Å². The van der Waals surface area contributed by atoms with Crippen LogP contribution in [0.4, 0.5) is 5.69 Å². The molecule has 2 aliphatic rings. The molecule has 4 atom stereocenters. The number of nitrogens with zero attached hydrogens (tertiary/aromatic N) is 3. The molecule has 1 fully saturated rings. The van der Waals surface area contributed by atoms with Crippen molar-refractivity contribution >= 4 is 23.0 Å². The van der Waals surface area contributed by atoms with E-state index in [2.05, 4.69) is 17.0 Å². The van der Waals surface area contributed by atoms with Crippen molar-refractivity contribution in [2.75, 3.05) is 0 Å². The molecule has 0 aromatic heterocycles. The van der Waals surface area contributed by atoms with Gasteiger partial charge >= 0.3 is 0 Å². The van der Waals surface area contributed by atoms with E-state index in [1.807, 2.05) is 48.5 Å². The minimum absolute atomic E-state index is 0.0855. The third kappa shape index (κ3) is 2.80. The van der Waals surface area contributed by atoms with Crippen molar-refractivity contribution in [2.45, 2.75) is 18.2 Å². The van der Waals surface area contributed by atoms with Gasteiger partial charge in [0.1, 0.15) is 6.17 Å². The number of hydrogen-bond acceptors (Lipinski definition) is 4. The van der Waals surface area contributed by atoms with Crippen LogP contribution in [-0.2, 0) is 0 Å². The molecule has 6 heteroatoms. The molecule has 5 rings (SSSR count). The summed E-state index contributed by atoms with van der Waals surface area (Å²) in [5, 5.41) is 11.9. The highest BCUT2D eigenvalue weighted by Crippen LogP contribution is 2.55. The Morgan fingerprint density at radius 3 is 2.32 bits per heavy atom. The number of fused-ring (bicyclic) bond motifs is 1. The summed E-state index contributed by atoms with van der Waals surface area (Å²) in [5.74, 6) is 0. The molecule has 1 unspecified atom stereocenters. The fraction of sp³-hybridized carbons (Fsp3) is 0.136. The molecule has 0 spiro atoms. The van der Waals surface area contributed by atoms with Crippen LogP contribution in [0.5, 0.6) is 0 Å². The van der Waals surface area contributed by atoms with E-state index in [0.717, 1.165) is 16.8 Å². The molecule has 138 valence electrons. The standard InChI is InChI=1S/C22H16ClN3O2/c23-17-11-9-14(10-12-17)19-21-20(15-5-2-1-3-6-15)25(21)22(24-19)16-7-4-8-18(13-16)26(27)28/h1-13,20-22H/t20-,21+,22+,25?/m0/s1. The minimum atomic E-state index is -0.364. The molecule has 0 aliphatic carbocycles. The van der Waals surface area contributed by atoms with Crippen molar-refractivity contribution in [3.63, 3.8) is 0 Å². The first-order valence-corrected chi connectivity index (χ1v) is 9.41. The summed E-state index contributed by atoms with van der Waals surface area (Å²) in [7, 11) is 0. The Bertz CT molecular complexity index is 1080. The molecule has 5 nitrogen and oxygen atoms in total. The molecule has 0 saturated carbocycles. The Labute approximate surface area is 167 Å². The molecular formula is C22H16ClN3O2. The topological polar surface area (TPSA) is 58.5 Å². The van der Waals surface area contributed by atoms with Crippen LogP contribution >= 0.6 is 11.6 Å². The fourth-order valence-electron chi connectivity index (χ4n) is 4.03. The SMILES string of the molecule is O=[N+]([O-])c1cccc([C@@H]2N=C(c3ccc(Cl)cc3)[C@@H]3[C@H](c4ccccc4)N32)c1. The van der Waals surface area contributed by atoms with Crippen molar-refractivity contribution in [3.8, 4) is 0 Å². The summed E-state index contributed by atoms with van der Waals surface area (Å²) in [6.45, 7) is 0. The number of halogens is 1. The highest BCUT2D eigenvalue weighted by atomic mass is 35.5. The lowest BCUT2D eigenvalue weighted by molar-refractivity contribution is -0.384. The predicted molar refractivity (Wildman–Crippen MR) is 109 cm³/mol. The Balaban J connectivity index is 1.57. The van der Waals surface area contributed by atoms with Crippen molar-refractivity contribution < 1.29 is 4.92 Å². The van der Waals surface area contributed by atoms with Gasteiger partial charge in [-0.1, -0.05) is 66.2 Å². The molecule has 2 heterocycles. The van der Waals surface area contributed by atoms with E-state index in [4.69, 9.17) is 16.6 Å². The second kappa shape index (κ2) is 6.55. The van der Waals surface area contributed by atoms with Gasteiger partial charge in [0.2, 0.25) is 0 Å². The van der Waals surface area contributed by atoms with Crippen LogP contribution in [0, 0.1) is 10.1 Å². The van der Waals surface area contributed by atoms with Crippen LogP contribution < -0.4 is 0 Å². The monoisotopic (exact) mass is 389 g/mol. The van der Waals surface area contributed by atoms with E-state index < -0.39 is 0 Å². The largest absolute Gasteiger partial charge is 0.269 e. The van der Waals surface area contributed by atoms with Crippen LogP contribution in [0.1, 0.15) is 28.9 Å². The Morgan fingerprint density at radius 2 is 1.61 bits per heavy atom. The summed E-state index contributed by atoms with van der Waals surface area (Å²) >= 11 is 6.05. The van der Waals surface area contributed by atoms with Gasteiger partial charge in [-0.25, -0.2) is 0 Å². The summed E-state index contributed by atoms with van der Waals surface area (Å²) in [6.07, 6.45) is -0.235. The number of nitro benzene ring substituents is 1. The van der Waals surface area contributed by atoms with Crippen LogP contribution in [0.3, 0.4) is 0 Å². The lowest BCUT2D eigenvalue weighted by Gasteiger charge is -2.14. The highest BCUT2D eigenvalue weighted by molar-refractivity contribution is 6.30. The van der Waals surface area contributed by atoms with E-state index in [1.54, 1.807) is 12.1 Å². The van der Waals surface area contributed by atoms with E-state index in [0.29, 0.717) is 5.02 Å². The first kappa shape index (κ1) is 17.1. The third-order valence-corrected chi connectivity index (χ3v) is 5.59. The van der Waals surface area contributed by atoms with E-state index in [1.165, 1.54) is 11.6 Å². The molecule has 28 heavy (non-hydrogen) atoms. The molecular weight excluding hydrogens is 374 g/mol. The summed E-state index contributed by atoms with van der Waals surface area (Å²) in [6, 6.07) is 25.1. The molecule has 3 aromatic carbocycles. The first-order chi connectivity index (χ1) is 13.6. The number of rotatable bonds is 4. The number of benzene rings is 3.